The molecular formula is C17H18ClN3O2. The molecule has 2 aromatic rings. The summed E-state index contributed by atoms with van der Waals surface area (Å²) in [6.07, 6.45) is 0.664. The molecule has 2 aromatic carbocycles. The number of ether oxygens (including phenoxy) is 1. The average molecular weight is 332 g/mol. The highest BCUT2D eigenvalue weighted by Crippen LogP contribution is 2.24. The van der Waals surface area contributed by atoms with Gasteiger partial charge in [-0.25, -0.2) is 10.9 Å². The summed E-state index contributed by atoms with van der Waals surface area (Å²) in [4.78, 5) is 12.4. The molecule has 1 amide bonds. The van der Waals surface area contributed by atoms with Crippen molar-refractivity contribution >= 4 is 23.2 Å². The maximum absolute atomic E-state index is 12.4. The number of halogens is 1. The van der Waals surface area contributed by atoms with Gasteiger partial charge in [0, 0.05) is 22.8 Å². The smallest absolute Gasteiger partial charge is 0.242 e. The van der Waals surface area contributed by atoms with Gasteiger partial charge >= 0.3 is 0 Å². The summed E-state index contributed by atoms with van der Waals surface area (Å²) < 4.78 is 5.16. The Bertz CT molecular complexity index is 690. The van der Waals surface area contributed by atoms with E-state index in [0.29, 0.717) is 22.9 Å². The minimum Gasteiger partial charge on any atom is -0.497 e. The van der Waals surface area contributed by atoms with E-state index >= 15 is 0 Å². The van der Waals surface area contributed by atoms with Crippen LogP contribution >= 0.6 is 11.6 Å². The van der Waals surface area contributed by atoms with Crippen molar-refractivity contribution in [3.8, 4) is 5.75 Å². The van der Waals surface area contributed by atoms with Crippen LogP contribution in [0.3, 0.4) is 0 Å². The van der Waals surface area contributed by atoms with Gasteiger partial charge in [0.1, 0.15) is 11.8 Å². The molecule has 5 nitrogen and oxygen atoms in total. The van der Waals surface area contributed by atoms with Crippen LogP contribution in [0.2, 0.25) is 5.02 Å². The van der Waals surface area contributed by atoms with Crippen molar-refractivity contribution in [1.82, 2.24) is 10.9 Å². The van der Waals surface area contributed by atoms with Gasteiger partial charge in [0.05, 0.1) is 7.11 Å². The summed E-state index contributed by atoms with van der Waals surface area (Å²) in [5.74, 6) is 0.626. The Hall–Kier alpha value is -2.08. The second kappa shape index (κ2) is 7.00. The normalized spacial score (nSPS) is 20.3. The lowest BCUT2D eigenvalue weighted by Gasteiger charge is -2.11. The van der Waals surface area contributed by atoms with Gasteiger partial charge in [-0.05, 0) is 36.2 Å². The van der Waals surface area contributed by atoms with E-state index in [1.807, 2.05) is 42.5 Å². The SMILES string of the molecule is COc1cccc(NC(=O)C2CC(c3ccc(Cl)cc3)NN2)c1. The third kappa shape index (κ3) is 3.82. The zero-order valence-corrected chi connectivity index (χ0v) is 13.4. The molecule has 23 heavy (non-hydrogen) atoms. The second-order valence-corrected chi connectivity index (χ2v) is 5.84. The van der Waals surface area contributed by atoms with E-state index in [4.69, 9.17) is 16.3 Å². The highest BCUT2D eigenvalue weighted by molar-refractivity contribution is 6.30. The molecule has 6 heteroatoms. The number of hydrogen-bond donors (Lipinski definition) is 3. The highest BCUT2D eigenvalue weighted by atomic mass is 35.5. The fraction of sp³-hybridized carbons (Fsp3) is 0.235. The van der Waals surface area contributed by atoms with Gasteiger partial charge in [0.2, 0.25) is 5.91 Å². The van der Waals surface area contributed by atoms with E-state index in [1.54, 1.807) is 13.2 Å². The maximum atomic E-state index is 12.4. The van der Waals surface area contributed by atoms with Gasteiger partial charge in [-0.2, -0.15) is 0 Å². The number of carbonyl (C=O) groups excluding carboxylic acids is 1. The first-order valence-corrected chi connectivity index (χ1v) is 7.75. The maximum Gasteiger partial charge on any atom is 0.242 e. The number of amides is 1. The molecule has 1 fully saturated rings. The lowest BCUT2D eigenvalue weighted by atomic mass is 10.0. The van der Waals surface area contributed by atoms with Crippen LogP contribution in [0, 0.1) is 0 Å². The van der Waals surface area contributed by atoms with Crippen LogP contribution in [0.5, 0.6) is 5.75 Å². The lowest BCUT2D eigenvalue weighted by molar-refractivity contribution is -0.117. The van der Waals surface area contributed by atoms with Crippen molar-refractivity contribution in [2.24, 2.45) is 0 Å². The summed E-state index contributed by atoms with van der Waals surface area (Å²) in [6.45, 7) is 0. The number of anilines is 1. The van der Waals surface area contributed by atoms with Crippen LogP contribution in [0.15, 0.2) is 48.5 Å². The van der Waals surface area contributed by atoms with Crippen LogP contribution in [0.1, 0.15) is 18.0 Å². The molecule has 0 bridgehead atoms. The first-order chi connectivity index (χ1) is 11.2. The number of hydrogen-bond acceptors (Lipinski definition) is 4. The number of carbonyl (C=O) groups is 1. The fourth-order valence-electron chi connectivity index (χ4n) is 2.57. The molecule has 1 aliphatic heterocycles. The van der Waals surface area contributed by atoms with Crippen molar-refractivity contribution in [3.05, 3.63) is 59.1 Å². The Morgan fingerprint density at radius 1 is 1.22 bits per heavy atom. The van der Waals surface area contributed by atoms with Gasteiger partial charge in [-0.1, -0.05) is 29.8 Å². The predicted molar refractivity (Wildman–Crippen MR) is 90.5 cm³/mol. The zero-order valence-electron chi connectivity index (χ0n) is 12.7. The fourth-order valence-corrected chi connectivity index (χ4v) is 2.70. The summed E-state index contributed by atoms with van der Waals surface area (Å²) >= 11 is 5.90. The van der Waals surface area contributed by atoms with E-state index in [2.05, 4.69) is 16.2 Å². The molecule has 1 heterocycles. The summed E-state index contributed by atoms with van der Waals surface area (Å²) in [7, 11) is 1.60. The molecule has 0 spiro atoms. The van der Waals surface area contributed by atoms with Crippen molar-refractivity contribution in [2.45, 2.75) is 18.5 Å². The Balaban J connectivity index is 1.61. The number of methoxy groups -OCH3 is 1. The zero-order chi connectivity index (χ0) is 16.2. The molecule has 1 aliphatic rings. The minimum atomic E-state index is -0.304. The van der Waals surface area contributed by atoms with Crippen LogP contribution in [-0.2, 0) is 4.79 Å². The largest absolute Gasteiger partial charge is 0.497 e. The van der Waals surface area contributed by atoms with Gasteiger partial charge in [-0.15, -0.1) is 0 Å². The molecule has 1 saturated heterocycles. The monoisotopic (exact) mass is 331 g/mol. The van der Waals surface area contributed by atoms with Gasteiger partial charge in [-0.3, -0.25) is 4.79 Å². The van der Waals surface area contributed by atoms with Crippen LogP contribution in [0.4, 0.5) is 5.69 Å². The summed E-state index contributed by atoms with van der Waals surface area (Å²) in [6, 6.07) is 14.7. The molecule has 3 rings (SSSR count). The molecule has 0 saturated carbocycles. The van der Waals surface area contributed by atoms with E-state index in [1.165, 1.54) is 0 Å². The van der Waals surface area contributed by atoms with E-state index in [0.717, 1.165) is 5.56 Å². The molecule has 120 valence electrons. The quantitative estimate of drug-likeness (QED) is 0.806. The Morgan fingerprint density at radius 3 is 2.74 bits per heavy atom. The average Bonchev–Trinajstić information content (AvgIpc) is 3.06. The topological polar surface area (TPSA) is 62.4 Å². The lowest BCUT2D eigenvalue weighted by Crippen LogP contribution is -2.39. The highest BCUT2D eigenvalue weighted by Gasteiger charge is 2.30. The Labute approximate surface area is 140 Å². The van der Waals surface area contributed by atoms with E-state index in [-0.39, 0.29) is 18.0 Å². The van der Waals surface area contributed by atoms with Crippen LogP contribution < -0.4 is 20.9 Å². The molecule has 3 N–H and O–H groups in total. The van der Waals surface area contributed by atoms with E-state index in [9.17, 15) is 4.79 Å². The first-order valence-electron chi connectivity index (χ1n) is 7.37. The van der Waals surface area contributed by atoms with Gasteiger partial charge < -0.3 is 10.1 Å². The third-order valence-electron chi connectivity index (χ3n) is 3.83. The minimum absolute atomic E-state index is 0.0772. The molecule has 0 aliphatic carbocycles. The van der Waals surface area contributed by atoms with Crippen molar-refractivity contribution < 1.29 is 9.53 Å². The Morgan fingerprint density at radius 2 is 2.00 bits per heavy atom. The summed E-state index contributed by atoms with van der Waals surface area (Å²) in [5, 5.41) is 3.60. The van der Waals surface area contributed by atoms with E-state index < -0.39 is 0 Å². The standard InChI is InChI=1S/C17H18ClN3O2/c1-23-14-4-2-3-13(9-14)19-17(22)16-10-15(20-21-16)11-5-7-12(18)8-6-11/h2-9,15-16,20-21H,10H2,1H3,(H,19,22). The van der Waals surface area contributed by atoms with Crippen molar-refractivity contribution in [1.29, 1.82) is 0 Å². The molecular weight excluding hydrogens is 314 g/mol. The third-order valence-corrected chi connectivity index (χ3v) is 4.08. The molecule has 0 radical (unpaired) electrons. The number of nitrogens with one attached hydrogen (secondary N) is 3. The Kier molecular flexibility index (Phi) is 4.81. The number of hydrazine groups is 1. The predicted octanol–water partition coefficient (Wildman–Crippen LogP) is 2.89. The van der Waals surface area contributed by atoms with Gasteiger partial charge in [0.25, 0.3) is 0 Å². The summed E-state index contributed by atoms with van der Waals surface area (Å²) in [5.41, 5.74) is 8.01. The van der Waals surface area contributed by atoms with Gasteiger partial charge in [0.15, 0.2) is 0 Å². The second-order valence-electron chi connectivity index (χ2n) is 5.40. The number of rotatable bonds is 4. The molecule has 2 unspecified atom stereocenters. The molecule has 2 atom stereocenters. The number of benzene rings is 2. The first kappa shape index (κ1) is 15.8. The van der Waals surface area contributed by atoms with Crippen molar-refractivity contribution in [2.75, 3.05) is 12.4 Å². The molecule has 0 aromatic heterocycles. The van der Waals surface area contributed by atoms with Crippen LogP contribution in [0.25, 0.3) is 0 Å². The van der Waals surface area contributed by atoms with Crippen molar-refractivity contribution in [3.63, 3.8) is 0 Å². The van der Waals surface area contributed by atoms with Crippen LogP contribution in [-0.4, -0.2) is 19.1 Å².